The van der Waals surface area contributed by atoms with Gasteiger partial charge in [-0.1, -0.05) is 32.4 Å². The summed E-state index contributed by atoms with van der Waals surface area (Å²) in [6.07, 6.45) is 11.7. The Balaban J connectivity index is 2.27. The van der Waals surface area contributed by atoms with Crippen molar-refractivity contribution in [1.82, 2.24) is 5.48 Å². The summed E-state index contributed by atoms with van der Waals surface area (Å²) < 4.78 is 0. The van der Waals surface area contributed by atoms with Gasteiger partial charge in [-0.25, -0.2) is 5.48 Å². The van der Waals surface area contributed by atoms with E-state index in [9.17, 15) is 0 Å². The van der Waals surface area contributed by atoms with Crippen molar-refractivity contribution < 1.29 is 5.21 Å². The molecule has 2 N–H and O–H groups in total. The summed E-state index contributed by atoms with van der Waals surface area (Å²) in [5.74, 6) is 1.54. The number of rotatable bonds is 6. The average Bonchev–Trinajstić information content (AvgIpc) is 2.26. The number of nitrogens with one attached hydrogen (secondary N) is 1. The van der Waals surface area contributed by atoms with Gasteiger partial charge in [-0.05, 0) is 43.9 Å². The van der Waals surface area contributed by atoms with Crippen LogP contribution in [0.4, 0.5) is 0 Å². The molecule has 0 fully saturated rings. The normalized spacial score (nSPS) is 27.9. The van der Waals surface area contributed by atoms with Crippen molar-refractivity contribution in [2.24, 2.45) is 11.8 Å². The minimum Gasteiger partial charge on any atom is -0.317 e. The third-order valence-corrected chi connectivity index (χ3v) is 3.57. The van der Waals surface area contributed by atoms with Crippen molar-refractivity contribution in [2.45, 2.75) is 58.4 Å². The third kappa shape index (κ3) is 4.35. The van der Waals surface area contributed by atoms with Crippen LogP contribution in [0.25, 0.3) is 0 Å². The zero-order valence-corrected chi connectivity index (χ0v) is 10.1. The molecule has 2 nitrogen and oxygen atoms in total. The molecule has 0 aromatic rings. The van der Waals surface area contributed by atoms with Crippen molar-refractivity contribution in [3.05, 3.63) is 12.2 Å². The molecule has 1 aliphatic carbocycles. The lowest BCUT2D eigenvalue weighted by Crippen LogP contribution is -2.27. The molecule has 0 aromatic carbocycles. The minimum atomic E-state index is 0.289. The van der Waals surface area contributed by atoms with Gasteiger partial charge in [0, 0.05) is 6.04 Å². The van der Waals surface area contributed by atoms with Crippen LogP contribution in [0, 0.1) is 11.8 Å². The number of allylic oxidation sites excluding steroid dienone is 2. The summed E-state index contributed by atoms with van der Waals surface area (Å²) >= 11 is 0. The van der Waals surface area contributed by atoms with E-state index in [0.717, 1.165) is 31.1 Å². The van der Waals surface area contributed by atoms with Crippen LogP contribution in [0.5, 0.6) is 0 Å². The van der Waals surface area contributed by atoms with Gasteiger partial charge >= 0.3 is 0 Å². The molecule has 3 atom stereocenters. The summed E-state index contributed by atoms with van der Waals surface area (Å²) in [6, 6.07) is 0.289. The highest BCUT2D eigenvalue weighted by Gasteiger charge is 2.18. The van der Waals surface area contributed by atoms with Gasteiger partial charge in [0.25, 0.3) is 0 Å². The van der Waals surface area contributed by atoms with Gasteiger partial charge in [0.05, 0.1) is 0 Å². The molecule has 0 amide bonds. The molecule has 0 saturated carbocycles. The summed E-state index contributed by atoms with van der Waals surface area (Å²) in [5, 5.41) is 8.98. The molecule has 0 bridgehead atoms. The summed E-state index contributed by atoms with van der Waals surface area (Å²) in [7, 11) is 0. The van der Waals surface area contributed by atoms with E-state index in [4.69, 9.17) is 5.21 Å². The molecule has 0 saturated heterocycles. The Morgan fingerprint density at radius 2 is 2.27 bits per heavy atom. The first kappa shape index (κ1) is 12.7. The fraction of sp³-hybridized carbons (Fsp3) is 0.846. The SMILES string of the molecule is CCC[C@H](CCC1C=CCC[C@H]1C)NO. The van der Waals surface area contributed by atoms with Crippen LogP contribution in [-0.4, -0.2) is 11.2 Å². The van der Waals surface area contributed by atoms with Gasteiger partial charge in [-0.2, -0.15) is 0 Å². The standard InChI is InChI=1S/C13H25NO/c1-3-6-13(14-15)10-9-12-8-5-4-7-11(12)2/h5,8,11-15H,3-4,6-7,9-10H2,1-2H3/t11-,12?,13-/m1/s1. The van der Waals surface area contributed by atoms with E-state index >= 15 is 0 Å². The predicted molar refractivity (Wildman–Crippen MR) is 63.9 cm³/mol. The topological polar surface area (TPSA) is 32.3 Å². The molecule has 88 valence electrons. The van der Waals surface area contributed by atoms with Crippen LogP contribution in [0.3, 0.4) is 0 Å². The van der Waals surface area contributed by atoms with Gasteiger partial charge in [0.1, 0.15) is 0 Å². The van der Waals surface area contributed by atoms with Crippen molar-refractivity contribution in [3.8, 4) is 0 Å². The van der Waals surface area contributed by atoms with Gasteiger partial charge < -0.3 is 5.21 Å². The molecule has 0 spiro atoms. The second kappa shape index (κ2) is 7.02. The largest absolute Gasteiger partial charge is 0.317 e. The smallest absolute Gasteiger partial charge is 0.0319 e. The fourth-order valence-corrected chi connectivity index (χ4v) is 2.43. The monoisotopic (exact) mass is 211 g/mol. The Labute approximate surface area is 93.7 Å². The van der Waals surface area contributed by atoms with E-state index in [1.54, 1.807) is 0 Å². The van der Waals surface area contributed by atoms with Crippen molar-refractivity contribution >= 4 is 0 Å². The summed E-state index contributed by atoms with van der Waals surface area (Å²) in [4.78, 5) is 0. The van der Waals surface area contributed by atoms with Crippen molar-refractivity contribution in [3.63, 3.8) is 0 Å². The molecule has 2 heteroatoms. The lowest BCUT2D eigenvalue weighted by Gasteiger charge is -2.25. The van der Waals surface area contributed by atoms with Crippen LogP contribution in [0.2, 0.25) is 0 Å². The third-order valence-electron chi connectivity index (χ3n) is 3.57. The summed E-state index contributed by atoms with van der Waals surface area (Å²) in [5.41, 5.74) is 2.43. The minimum absolute atomic E-state index is 0.289. The van der Waals surface area contributed by atoms with E-state index in [0.29, 0.717) is 0 Å². The molecule has 1 aliphatic rings. The zero-order chi connectivity index (χ0) is 11.1. The van der Waals surface area contributed by atoms with Gasteiger partial charge in [-0.15, -0.1) is 0 Å². The lowest BCUT2D eigenvalue weighted by molar-refractivity contribution is 0.112. The van der Waals surface area contributed by atoms with E-state index in [1.807, 2.05) is 0 Å². The Bertz CT molecular complexity index is 191. The molecular formula is C13H25NO. The number of hydrogen-bond acceptors (Lipinski definition) is 2. The van der Waals surface area contributed by atoms with Gasteiger partial charge in [-0.3, -0.25) is 0 Å². The van der Waals surface area contributed by atoms with E-state index < -0.39 is 0 Å². The highest BCUT2D eigenvalue weighted by molar-refractivity contribution is 4.96. The second-order valence-electron chi connectivity index (χ2n) is 4.84. The van der Waals surface area contributed by atoms with Gasteiger partial charge in [0.2, 0.25) is 0 Å². The Morgan fingerprint density at radius 1 is 1.47 bits per heavy atom. The van der Waals surface area contributed by atoms with Crippen LogP contribution in [0.15, 0.2) is 12.2 Å². The molecule has 0 aromatic heterocycles. The highest BCUT2D eigenvalue weighted by atomic mass is 16.5. The fourth-order valence-electron chi connectivity index (χ4n) is 2.43. The van der Waals surface area contributed by atoms with Crippen LogP contribution in [0.1, 0.15) is 52.4 Å². The van der Waals surface area contributed by atoms with Crippen molar-refractivity contribution in [2.75, 3.05) is 0 Å². The van der Waals surface area contributed by atoms with E-state index in [-0.39, 0.29) is 6.04 Å². The molecule has 15 heavy (non-hydrogen) atoms. The molecular weight excluding hydrogens is 186 g/mol. The van der Waals surface area contributed by atoms with Crippen LogP contribution in [-0.2, 0) is 0 Å². The predicted octanol–water partition coefficient (Wildman–Crippen LogP) is 3.52. The molecule has 1 unspecified atom stereocenters. The Hall–Kier alpha value is -0.340. The van der Waals surface area contributed by atoms with Crippen LogP contribution >= 0.6 is 0 Å². The molecule has 1 rings (SSSR count). The number of hydrogen-bond donors (Lipinski definition) is 2. The number of hydroxylamine groups is 1. The maximum Gasteiger partial charge on any atom is 0.0319 e. The van der Waals surface area contributed by atoms with E-state index in [1.165, 1.54) is 19.3 Å². The van der Waals surface area contributed by atoms with Crippen molar-refractivity contribution in [1.29, 1.82) is 0 Å². The molecule has 0 aliphatic heterocycles. The average molecular weight is 211 g/mol. The first-order valence-corrected chi connectivity index (χ1v) is 6.34. The van der Waals surface area contributed by atoms with Crippen LogP contribution < -0.4 is 5.48 Å². The second-order valence-corrected chi connectivity index (χ2v) is 4.84. The first-order valence-electron chi connectivity index (χ1n) is 6.34. The maximum atomic E-state index is 8.98. The summed E-state index contributed by atoms with van der Waals surface area (Å²) in [6.45, 7) is 4.50. The zero-order valence-electron chi connectivity index (χ0n) is 10.1. The first-order chi connectivity index (χ1) is 7.27. The maximum absolute atomic E-state index is 8.98. The Kier molecular flexibility index (Phi) is 5.96. The quantitative estimate of drug-likeness (QED) is 0.520. The molecule has 0 radical (unpaired) electrons. The van der Waals surface area contributed by atoms with Gasteiger partial charge in [0.15, 0.2) is 0 Å². The Morgan fingerprint density at radius 3 is 2.87 bits per heavy atom. The molecule has 0 heterocycles. The van der Waals surface area contributed by atoms with E-state index in [2.05, 4.69) is 31.5 Å². The highest BCUT2D eigenvalue weighted by Crippen LogP contribution is 2.28. The lowest BCUT2D eigenvalue weighted by atomic mass is 9.81.